The Labute approximate surface area is 92.9 Å². The van der Waals surface area contributed by atoms with E-state index >= 15 is 0 Å². The van der Waals surface area contributed by atoms with Gasteiger partial charge >= 0.3 is 0 Å². The maximum absolute atomic E-state index is 4.42. The van der Waals surface area contributed by atoms with E-state index in [-0.39, 0.29) is 0 Å². The zero-order valence-corrected chi connectivity index (χ0v) is 9.83. The maximum Gasteiger partial charge on any atom is 0.140 e. The third-order valence-corrected chi connectivity index (χ3v) is 2.08. The van der Waals surface area contributed by atoms with E-state index in [4.69, 9.17) is 0 Å². The first kappa shape index (κ1) is 11.8. The molecule has 0 atom stereocenters. The van der Waals surface area contributed by atoms with Gasteiger partial charge in [0.05, 0.1) is 5.71 Å². The molecule has 0 unspecified atom stereocenters. The van der Waals surface area contributed by atoms with Crippen LogP contribution in [-0.4, -0.2) is 19.0 Å². The number of benzene rings is 1. The van der Waals surface area contributed by atoms with Crippen LogP contribution in [0.2, 0.25) is 20.0 Å². The lowest BCUT2D eigenvalue weighted by molar-refractivity contribution is 0.782. The smallest absolute Gasteiger partial charge is 0.140 e. The summed E-state index contributed by atoms with van der Waals surface area (Å²) in [4.78, 5) is 0. The second-order valence-corrected chi connectivity index (χ2v) is 4.03. The minimum absolute atomic E-state index is 0.627. The molecule has 0 bridgehead atoms. The fourth-order valence-electron chi connectivity index (χ4n) is 1.42. The zero-order valence-electron chi connectivity index (χ0n) is 9.83. The summed E-state index contributed by atoms with van der Waals surface area (Å²) in [6.07, 6.45) is 1.01. The van der Waals surface area contributed by atoms with Gasteiger partial charge in [0.2, 0.25) is 0 Å². The van der Waals surface area contributed by atoms with Crippen LogP contribution in [0.3, 0.4) is 0 Å². The highest BCUT2D eigenvalue weighted by Gasteiger charge is 2.07. The molecule has 0 aliphatic heterocycles. The molecule has 15 heavy (non-hydrogen) atoms. The first-order valence-corrected chi connectivity index (χ1v) is 5.59. The van der Waals surface area contributed by atoms with Gasteiger partial charge in [-0.2, -0.15) is 5.10 Å². The topological polar surface area (TPSA) is 24.4 Å². The Hall–Kier alpha value is -1.25. The highest BCUT2D eigenvalue weighted by Crippen LogP contribution is 2.07. The fraction of sp³-hybridized carbons (Fsp3) is 0.417. The molecule has 0 heterocycles. The minimum Gasteiger partial charge on any atom is -0.310 e. The van der Waals surface area contributed by atoms with Gasteiger partial charge in [-0.15, -0.1) is 0 Å². The predicted octanol–water partition coefficient (Wildman–Crippen LogP) is 2.75. The van der Waals surface area contributed by atoms with E-state index in [1.807, 2.05) is 6.07 Å². The number of nitrogens with zero attached hydrogens (tertiary/aromatic N) is 1. The van der Waals surface area contributed by atoms with Gasteiger partial charge in [0.1, 0.15) is 6.71 Å². The summed E-state index contributed by atoms with van der Waals surface area (Å²) in [5, 5.41) is 4.42. The van der Waals surface area contributed by atoms with Crippen LogP contribution in [0.1, 0.15) is 12.5 Å². The molecule has 80 valence electrons. The molecule has 3 heteroatoms. The van der Waals surface area contributed by atoms with Gasteiger partial charge < -0.3 is 5.43 Å². The molecule has 0 aliphatic rings. The molecule has 1 aromatic rings. The Bertz CT molecular complexity index is 307. The van der Waals surface area contributed by atoms with Crippen molar-refractivity contribution in [3.05, 3.63) is 35.9 Å². The lowest BCUT2D eigenvalue weighted by Crippen LogP contribution is -2.15. The largest absolute Gasteiger partial charge is 0.310 e. The molecule has 1 rings (SSSR count). The van der Waals surface area contributed by atoms with E-state index in [2.05, 4.69) is 55.4 Å². The molecule has 0 amide bonds. The van der Waals surface area contributed by atoms with Gasteiger partial charge in [-0.25, -0.2) is 0 Å². The van der Waals surface area contributed by atoms with Crippen molar-refractivity contribution in [2.75, 3.05) is 6.54 Å². The van der Waals surface area contributed by atoms with Crippen LogP contribution in [-0.2, 0) is 0 Å². The van der Waals surface area contributed by atoms with Crippen LogP contribution in [0.25, 0.3) is 0 Å². The lowest BCUT2D eigenvalue weighted by atomic mass is 9.51. The van der Waals surface area contributed by atoms with E-state index < -0.39 is 0 Å². The van der Waals surface area contributed by atoms with Crippen molar-refractivity contribution < 1.29 is 0 Å². The molecule has 1 aromatic carbocycles. The molecule has 0 saturated heterocycles. The Morgan fingerprint density at radius 3 is 2.47 bits per heavy atom. The van der Waals surface area contributed by atoms with E-state index in [1.165, 1.54) is 5.56 Å². The van der Waals surface area contributed by atoms with Crippen LogP contribution in [0.4, 0.5) is 0 Å². The maximum atomic E-state index is 4.42. The quantitative estimate of drug-likeness (QED) is 0.443. The SMILES string of the molecule is CCNN=C(CB(C)C)c1ccccc1. The van der Waals surface area contributed by atoms with E-state index in [0.29, 0.717) is 6.71 Å². The van der Waals surface area contributed by atoms with Crippen molar-refractivity contribution in [3.63, 3.8) is 0 Å². The summed E-state index contributed by atoms with van der Waals surface area (Å²) >= 11 is 0. The number of hydrazone groups is 1. The van der Waals surface area contributed by atoms with Crippen molar-refractivity contribution in [1.82, 2.24) is 5.43 Å². The molecule has 0 aromatic heterocycles. The summed E-state index contributed by atoms with van der Waals surface area (Å²) in [7, 11) is 0. The molecular weight excluding hydrogens is 183 g/mol. The van der Waals surface area contributed by atoms with Crippen molar-refractivity contribution in [2.24, 2.45) is 5.10 Å². The zero-order chi connectivity index (χ0) is 11.1. The average molecular weight is 202 g/mol. The second-order valence-electron chi connectivity index (χ2n) is 4.03. The van der Waals surface area contributed by atoms with Crippen molar-refractivity contribution in [3.8, 4) is 0 Å². The molecule has 0 spiro atoms. The second kappa shape index (κ2) is 6.28. The fourth-order valence-corrected chi connectivity index (χ4v) is 1.42. The van der Waals surface area contributed by atoms with E-state index in [1.54, 1.807) is 0 Å². The van der Waals surface area contributed by atoms with E-state index in [0.717, 1.165) is 18.6 Å². The van der Waals surface area contributed by atoms with Gasteiger partial charge in [-0.3, -0.25) is 0 Å². The molecule has 0 fully saturated rings. The standard InChI is InChI=1S/C12H19BN2/c1-4-14-15-12(10-13(2)3)11-8-6-5-7-9-11/h5-9,14H,4,10H2,1-3H3. The summed E-state index contributed by atoms with van der Waals surface area (Å²) in [6, 6.07) is 10.4. The highest BCUT2D eigenvalue weighted by atomic mass is 15.3. The summed E-state index contributed by atoms with van der Waals surface area (Å²) in [6.45, 7) is 7.98. The third-order valence-electron chi connectivity index (χ3n) is 2.08. The molecule has 0 aliphatic carbocycles. The van der Waals surface area contributed by atoms with Gasteiger partial charge in [-0.05, 0) is 18.8 Å². The first-order chi connectivity index (χ1) is 7.24. The monoisotopic (exact) mass is 202 g/mol. The van der Waals surface area contributed by atoms with Crippen LogP contribution >= 0.6 is 0 Å². The Kier molecular flexibility index (Phi) is 4.95. The normalized spacial score (nSPS) is 11.3. The van der Waals surface area contributed by atoms with Crippen LogP contribution in [0, 0.1) is 0 Å². The van der Waals surface area contributed by atoms with Crippen LogP contribution < -0.4 is 5.43 Å². The third kappa shape index (κ3) is 4.19. The summed E-state index contributed by atoms with van der Waals surface area (Å²) in [5.74, 6) is 0. The summed E-state index contributed by atoms with van der Waals surface area (Å²) in [5.41, 5.74) is 5.40. The van der Waals surface area contributed by atoms with Crippen LogP contribution in [0.5, 0.6) is 0 Å². The number of hydrogen-bond donors (Lipinski definition) is 1. The Balaban J connectivity index is 2.81. The van der Waals surface area contributed by atoms with Crippen molar-refractivity contribution >= 4 is 12.4 Å². The Morgan fingerprint density at radius 2 is 1.93 bits per heavy atom. The predicted molar refractivity (Wildman–Crippen MR) is 68.9 cm³/mol. The molecule has 1 N–H and O–H groups in total. The molecule has 0 radical (unpaired) electrons. The van der Waals surface area contributed by atoms with Gasteiger partial charge in [0.15, 0.2) is 0 Å². The van der Waals surface area contributed by atoms with Gasteiger partial charge in [0.25, 0.3) is 0 Å². The molecule has 2 nitrogen and oxygen atoms in total. The highest BCUT2D eigenvalue weighted by molar-refractivity contribution is 6.60. The Morgan fingerprint density at radius 1 is 1.27 bits per heavy atom. The summed E-state index contributed by atoms with van der Waals surface area (Å²) < 4.78 is 0. The first-order valence-electron chi connectivity index (χ1n) is 5.59. The lowest BCUT2D eigenvalue weighted by Gasteiger charge is -2.08. The van der Waals surface area contributed by atoms with Crippen molar-refractivity contribution in [1.29, 1.82) is 0 Å². The molecular formula is C12H19BN2. The number of nitrogens with one attached hydrogen (secondary N) is 1. The number of hydrogen-bond acceptors (Lipinski definition) is 2. The average Bonchev–Trinajstić information content (AvgIpc) is 2.25. The molecule has 0 saturated carbocycles. The van der Waals surface area contributed by atoms with Gasteiger partial charge in [-0.1, -0.05) is 44.0 Å². The van der Waals surface area contributed by atoms with Crippen LogP contribution in [0.15, 0.2) is 35.4 Å². The number of rotatable bonds is 5. The van der Waals surface area contributed by atoms with Gasteiger partial charge in [0, 0.05) is 6.54 Å². The van der Waals surface area contributed by atoms with E-state index in [9.17, 15) is 0 Å². The van der Waals surface area contributed by atoms with Crippen molar-refractivity contribution in [2.45, 2.75) is 26.9 Å². The minimum atomic E-state index is 0.627.